The van der Waals surface area contributed by atoms with Gasteiger partial charge in [-0.3, -0.25) is 13.8 Å². The SMILES string of the molecule is CC1OCCC1n1c(=O)c2c(-n3cc(C4CCCN4)nn3)ncn2c2ccc(F)cc21. The summed E-state index contributed by atoms with van der Waals surface area (Å²) in [6.45, 7) is 3.46. The van der Waals surface area contributed by atoms with Crippen molar-refractivity contribution in [3.63, 3.8) is 0 Å². The second-order valence-corrected chi connectivity index (χ2v) is 8.26. The van der Waals surface area contributed by atoms with Gasteiger partial charge in [0.25, 0.3) is 5.56 Å². The van der Waals surface area contributed by atoms with Crippen LogP contribution in [0.1, 0.15) is 44.0 Å². The van der Waals surface area contributed by atoms with Crippen molar-refractivity contribution in [3.05, 3.63) is 52.6 Å². The summed E-state index contributed by atoms with van der Waals surface area (Å²) in [7, 11) is 0. The molecule has 0 amide bonds. The predicted octanol–water partition coefficient (Wildman–Crippen LogP) is 2.14. The minimum Gasteiger partial charge on any atom is -0.376 e. The number of rotatable bonds is 3. The summed E-state index contributed by atoms with van der Waals surface area (Å²) in [4.78, 5) is 18.2. The Morgan fingerprint density at radius 2 is 2.16 bits per heavy atom. The lowest BCUT2D eigenvalue weighted by Crippen LogP contribution is -2.30. The van der Waals surface area contributed by atoms with Crippen molar-refractivity contribution < 1.29 is 9.13 Å². The topological polar surface area (TPSA) is 91.3 Å². The van der Waals surface area contributed by atoms with Gasteiger partial charge in [-0.1, -0.05) is 5.21 Å². The standard InChI is InChI=1S/C21H22FN7O2/c1-12-16(6-8-31-12)29-18-9-13(22)4-5-17(18)27-11-24-20(19(27)21(29)30)28-10-15(25-26-28)14-3-2-7-23-14/h4-5,9-12,14,16,23H,2-3,6-8H2,1H3. The number of hydrogen-bond acceptors (Lipinski definition) is 6. The van der Waals surface area contributed by atoms with E-state index >= 15 is 0 Å². The number of hydrogen-bond donors (Lipinski definition) is 1. The smallest absolute Gasteiger partial charge is 0.279 e. The molecule has 1 aromatic carbocycles. The van der Waals surface area contributed by atoms with E-state index in [1.807, 2.05) is 13.1 Å². The maximum atomic E-state index is 14.2. The highest BCUT2D eigenvalue weighted by atomic mass is 19.1. The van der Waals surface area contributed by atoms with Crippen LogP contribution in [0.4, 0.5) is 4.39 Å². The highest BCUT2D eigenvalue weighted by Gasteiger charge is 2.30. The van der Waals surface area contributed by atoms with Crippen LogP contribution in [-0.4, -0.2) is 48.2 Å². The molecule has 5 heterocycles. The Morgan fingerprint density at radius 3 is 2.94 bits per heavy atom. The zero-order valence-electron chi connectivity index (χ0n) is 17.0. The molecule has 9 nitrogen and oxygen atoms in total. The van der Waals surface area contributed by atoms with Gasteiger partial charge in [-0.2, -0.15) is 4.68 Å². The summed E-state index contributed by atoms with van der Waals surface area (Å²) in [6.07, 6.45) is 6.05. The average Bonchev–Trinajstić information content (AvgIpc) is 3.54. The van der Waals surface area contributed by atoms with Crippen LogP contribution in [0.15, 0.2) is 35.5 Å². The molecule has 3 atom stereocenters. The average molecular weight is 423 g/mol. The Hall–Kier alpha value is -3.11. The fraction of sp³-hybridized carbons (Fsp3) is 0.429. The lowest BCUT2D eigenvalue weighted by atomic mass is 10.1. The molecule has 0 saturated carbocycles. The summed E-state index contributed by atoms with van der Waals surface area (Å²) in [5.74, 6) is 0.0187. The van der Waals surface area contributed by atoms with Crippen molar-refractivity contribution in [2.24, 2.45) is 0 Å². The first kappa shape index (κ1) is 18.6. The lowest BCUT2D eigenvalue weighted by molar-refractivity contribution is 0.108. The third-order valence-corrected chi connectivity index (χ3v) is 6.44. The van der Waals surface area contributed by atoms with E-state index in [9.17, 15) is 9.18 Å². The monoisotopic (exact) mass is 423 g/mol. The maximum absolute atomic E-state index is 14.2. The second kappa shape index (κ2) is 6.96. The van der Waals surface area contributed by atoms with Crippen LogP contribution >= 0.6 is 0 Å². The predicted molar refractivity (Wildman–Crippen MR) is 111 cm³/mol. The van der Waals surface area contributed by atoms with Crippen molar-refractivity contribution >= 4 is 16.6 Å². The summed E-state index contributed by atoms with van der Waals surface area (Å²) in [5.41, 5.74) is 2.20. The van der Waals surface area contributed by atoms with E-state index in [0.29, 0.717) is 35.4 Å². The molecule has 0 aliphatic carbocycles. The van der Waals surface area contributed by atoms with E-state index in [1.165, 1.54) is 12.1 Å². The molecule has 6 rings (SSSR count). The van der Waals surface area contributed by atoms with Gasteiger partial charge in [0.15, 0.2) is 11.3 Å². The molecule has 31 heavy (non-hydrogen) atoms. The number of ether oxygens (including phenoxy) is 1. The van der Waals surface area contributed by atoms with Gasteiger partial charge in [0.05, 0.1) is 35.4 Å². The van der Waals surface area contributed by atoms with Crippen LogP contribution in [0.2, 0.25) is 0 Å². The Balaban J connectivity index is 1.60. The van der Waals surface area contributed by atoms with Crippen LogP contribution in [0.25, 0.3) is 22.4 Å². The molecule has 10 heteroatoms. The number of halogens is 1. The lowest BCUT2D eigenvalue weighted by Gasteiger charge is -2.21. The van der Waals surface area contributed by atoms with Gasteiger partial charge in [0, 0.05) is 6.61 Å². The fourth-order valence-electron chi connectivity index (χ4n) is 4.87. The largest absolute Gasteiger partial charge is 0.376 e. The molecular formula is C21H22FN7O2. The molecule has 0 radical (unpaired) electrons. The highest BCUT2D eigenvalue weighted by Crippen LogP contribution is 2.30. The van der Waals surface area contributed by atoms with Gasteiger partial charge < -0.3 is 10.1 Å². The van der Waals surface area contributed by atoms with Crippen LogP contribution in [0, 0.1) is 5.82 Å². The van der Waals surface area contributed by atoms with Gasteiger partial charge in [-0.25, -0.2) is 9.37 Å². The third kappa shape index (κ3) is 2.82. The molecule has 2 saturated heterocycles. The maximum Gasteiger partial charge on any atom is 0.279 e. The molecule has 4 aromatic rings. The molecule has 2 aliphatic heterocycles. The summed E-state index contributed by atoms with van der Waals surface area (Å²) >= 11 is 0. The molecule has 1 N–H and O–H groups in total. The Morgan fingerprint density at radius 1 is 1.26 bits per heavy atom. The Kier molecular flexibility index (Phi) is 4.19. The van der Waals surface area contributed by atoms with Gasteiger partial charge >= 0.3 is 0 Å². The fourth-order valence-corrected chi connectivity index (χ4v) is 4.87. The van der Waals surface area contributed by atoms with Gasteiger partial charge in [0.1, 0.15) is 17.8 Å². The van der Waals surface area contributed by atoms with Crippen LogP contribution in [0.3, 0.4) is 0 Å². The first-order valence-corrected chi connectivity index (χ1v) is 10.6. The zero-order chi connectivity index (χ0) is 21.1. The first-order valence-electron chi connectivity index (χ1n) is 10.6. The second-order valence-electron chi connectivity index (χ2n) is 8.26. The molecule has 2 fully saturated rings. The minimum atomic E-state index is -0.392. The first-order chi connectivity index (χ1) is 15.1. The number of fused-ring (bicyclic) bond motifs is 3. The van der Waals surface area contributed by atoms with Crippen molar-refractivity contribution in [3.8, 4) is 5.82 Å². The quantitative estimate of drug-likeness (QED) is 0.543. The number of aromatic nitrogens is 6. The van der Waals surface area contributed by atoms with E-state index < -0.39 is 5.82 Å². The zero-order valence-corrected chi connectivity index (χ0v) is 17.0. The third-order valence-electron chi connectivity index (χ3n) is 6.44. The molecule has 3 unspecified atom stereocenters. The van der Waals surface area contributed by atoms with E-state index in [-0.39, 0.29) is 23.7 Å². The van der Waals surface area contributed by atoms with Crippen LogP contribution in [-0.2, 0) is 4.74 Å². The van der Waals surface area contributed by atoms with Crippen LogP contribution < -0.4 is 10.9 Å². The van der Waals surface area contributed by atoms with Gasteiger partial charge in [-0.05, 0) is 50.9 Å². The van der Waals surface area contributed by atoms with Crippen molar-refractivity contribution in [2.45, 2.75) is 44.4 Å². The van der Waals surface area contributed by atoms with E-state index in [0.717, 1.165) is 25.1 Å². The van der Waals surface area contributed by atoms with Crippen molar-refractivity contribution in [1.82, 2.24) is 34.3 Å². The number of nitrogens with one attached hydrogen (secondary N) is 1. The summed E-state index contributed by atoms with van der Waals surface area (Å²) < 4.78 is 24.8. The molecule has 160 valence electrons. The van der Waals surface area contributed by atoms with E-state index in [4.69, 9.17) is 4.74 Å². The Bertz CT molecular complexity index is 1350. The molecule has 0 spiro atoms. The van der Waals surface area contributed by atoms with Crippen LogP contribution in [0.5, 0.6) is 0 Å². The number of nitrogens with zero attached hydrogens (tertiary/aromatic N) is 6. The minimum absolute atomic E-state index is 0.149. The van der Waals surface area contributed by atoms with Crippen molar-refractivity contribution in [2.75, 3.05) is 13.2 Å². The number of benzene rings is 1. The van der Waals surface area contributed by atoms with Gasteiger partial charge in [0.2, 0.25) is 0 Å². The summed E-state index contributed by atoms with van der Waals surface area (Å²) in [5, 5.41) is 12.0. The molecule has 0 bridgehead atoms. The molecular weight excluding hydrogens is 401 g/mol. The van der Waals surface area contributed by atoms with E-state index in [1.54, 1.807) is 26.0 Å². The Labute approximate surface area is 176 Å². The normalized spacial score (nSPS) is 24.0. The number of imidazole rings is 1. The molecule has 2 aliphatic rings. The van der Waals surface area contributed by atoms with E-state index in [2.05, 4.69) is 20.6 Å². The summed E-state index contributed by atoms with van der Waals surface area (Å²) in [6, 6.07) is 4.46. The highest BCUT2D eigenvalue weighted by molar-refractivity contribution is 5.81. The van der Waals surface area contributed by atoms with Crippen molar-refractivity contribution in [1.29, 1.82) is 0 Å². The van der Waals surface area contributed by atoms with Gasteiger partial charge in [-0.15, -0.1) is 5.10 Å². The molecule has 3 aromatic heterocycles.